The van der Waals surface area contributed by atoms with Gasteiger partial charge in [0.25, 0.3) is 10.0 Å². The highest BCUT2D eigenvalue weighted by atomic mass is 35.5. The summed E-state index contributed by atoms with van der Waals surface area (Å²) >= 11 is 9.05. The summed E-state index contributed by atoms with van der Waals surface area (Å²) < 4.78 is 30.2. The molecule has 0 aliphatic heterocycles. The summed E-state index contributed by atoms with van der Waals surface area (Å²) in [4.78, 5) is 10.4. The van der Waals surface area contributed by atoms with Crippen molar-refractivity contribution >= 4 is 59.6 Å². The van der Waals surface area contributed by atoms with Gasteiger partial charge in [-0.25, -0.2) is 22.7 Å². The zero-order valence-corrected chi connectivity index (χ0v) is 23.1. The molecule has 5 nitrogen and oxygen atoms in total. The summed E-state index contributed by atoms with van der Waals surface area (Å²) in [5, 5.41) is 1.78. The summed E-state index contributed by atoms with van der Waals surface area (Å²) in [6.07, 6.45) is 1.85. The van der Waals surface area contributed by atoms with E-state index in [2.05, 4.69) is 9.97 Å². The zero-order valence-electron chi connectivity index (χ0n) is 19.9. The van der Waals surface area contributed by atoms with Crippen LogP contribution in [0.2, 0.25) is 5.02 Å². The minimum Gasteiger partial charge on any atom is -0.244 e. The predicted octanol–water partition coefficient (Wildman–Crippen LogP) is 8.14. The smallest absolute Gasteiger partial charge is 0.244 e. The highest BCUT2D eigenvalue weighted by Crippen LogP contribution is 2.36. The Morgan fingerprint density at radius 3 is 2.24 bits per heavy atom. The van der Waals surface area contributed by atoms with Crippen LogP contribution in [-0.4, -0.2) is 18.4 Å². The Morgan fingerprint density at radius 2 is 1.50 bits per heavy atom. The van der Waals surface area contributed by atoms with Crippen LogP contribution in [0.1, 0.15) is 5.56 Å². The zero-order chi connectivity index (χ0) is 26.1. The molecule has 0 N–H and O–H groups in total. The van der Waals surface area contributed by atoms with E-state index in [1.54, 1.807) is 47.7 Å². The Hall–Kier alpha value is -3.56. The van der Waals surface area contributed by atoms with Gasteiger partial charge in [-0.15, -0.1) is 11.3 Å². The van der Waals surface area contributed by atoms with E-state index in [1.165, 1.54) is 15.6 Å². The van der Waals surface area contributed by atoms with Gasteiger partial charge in [0.15, 0.2) is 0 Å². The van der Waals surface area contributed by atoms with E-state index in [9.17, 15) is 8.42 Å². The third-order valence-electron chi connectivity index (χ3n) is 5.97. The maximum Gasteiger partial charge on any atom is 0.266 e. The summed E-state index contributed by atoms with van der Waals surface area (Å²) in [5.74, 6) is 0. The first-order valence-electron chi connectivity index (χ1n) is 11.7. The molecular weight excluding hydrogens is 554 g/mol. The van der Waals surface area contributed by atoms with E-state index in [-0.39, 0.29) is 11.4 Å². The van der Waals surface area contributed by atoms with Gasteiger partial charge in [0, 0.05) is 16.8 Å². The number of benzene rings is 4. The van der Waals surface area contributed by atoms with Crippen LogP contribution in [-0.2, 0) is 16.6 Å². The number of aromatic nitrogens is 2. The van der Waals surface area contributed by atoms with Gasteiger partial charge in [-0.3, -0.25) is 0 Å². The first-order valence-corrected chi connectivity index (χ1v) is 15.2. The van der Waals surface area contributed by atoms with Crippen LogP contribution in [0.25, 0.3) is 31.2 Å². The minimum atomic E-state index is -3.92. The largest absolute Gasteiger partial charge is 0.266 e. The van der Waals surface area contributed by atoms with Gasteiger partial charge in [-0.2, -0.15) is 0 Å². The fraction of sp³-hybridized carbons (Fsp3) is 0.0345. The van der Waals surface area contributed by atoms with Crippen LogP contribution in [0.15, 0.2) is 114 Å². The number of anilines is 1. The molecular formula is C29H20ClN3O2S3. The van der Waals surface area contributed by atoms with Crippen LogP contribution >= 0.6 is 34.3 Å². The van der Waals surface area contributed by atoms with Crippen LogP contribution in [0.4, 0.5) is 5.13 Å². The van der Waals surface area contributed by atoms with Crippen molar-refractivity contribution in [1.82, 2.24) is 9.97 Å². The highest BCUT2D eigenvalue weighted by molar-refractivity contribution is 7.93. The lowest BCUT2D eigenvalue weighted by atomic mass is 10.2. The van der Waals surface area contributed by atoms with E-state index >= 15 is 0 Å². The number of nitrogens with zero attached hydrogens (tertiary/aromatic N) is 3. The lowest BCUT2D eigenvalue weighted by molar-refractivity contribution is 0.590. The molecule has 0 bridgehead atoms. The highest BCUT2D eigenvalue weighted by Gasteiger charge is 2.28. The molecule has 0 fully saturated rings. The number of halogens is 1. The predicted molar refractivity (Wildman–Crippen MR) is 157 cm³/mol. The Labute approximate surface area is 233 Å². The normalized spacial score (nSPS) is 11.6. The Morgan fingerprint density at radius 1 is 0.789 bits per heavy atom. The maximum absolute atomic E-state index is 14.0. The Balaban J connectivity index is 1.35. The second kappa shape index (κ2) is 10.3. The van der Waals surface area contributed by atoms with Gasteiger partial charge < -0.3 is 0 Å². The van der Waals surface area contributed by atoms with Gasteiger partial charge in [0.1, 0.15) is 5.01 Å². The molecule has 0 saturated carbocycles. The lowest BCUT2D eigenvalue weighted by Gasteiger charge is -2.22. The van der Waals surface area contributed by atoms with Crippen LogP contribution in [0, 0.1) is 0 Å². The molecule has 9 heteroatoms. The van der Waals surface area contributed by atoms with Gasteiger partial charge in [0.05, 0.1) is 26.5 Å². The fourth-order valence-electron chi connectivity index (χ4n) is 4.04. The first-order chi connectivity index (χ1) is 18.5. The lowest BCUT2D eigenvalue weighted by Crippen LogP contribution is -2.30. The van der Waals surface area contributed by atoms with E-state index < -0.39 is 10.0 Å². The standard InChI is InChI=1S/C29H20ClN3O2S3/c30-23-13-16-26-25(17-23)32-29(37-26)33(19-20-7-3-1-4-8-20)38(34,35)24-14-11-22(12-15-24)28-31-18-27(36-28)21-9-5-2-6-10-21/h1-18H,19H2. The van der Waals surface area contributed by atoms with Crippen LogP contribution < -0.4 is 4.31 Å². The molecule has 2 aromatic heterocycles. The molecule has 0 amide bonds. The third-order valence-corrected chi connectivity index (χ3v) is 10.2. The van der Waals surface area contributed by atoms with Crippen molar-refractivity contribution in [3.63, 3.8) is 0 Å². The van der Waals surface area contributed by atoms with Crippen molar-refractivity contribution in [3.05, 3.63) is 120 Å². The molecule has 0 unspecified atom stereocenters. The number of sulfonamides is 1. The van der Waals surface area contributed by atoms with Crippen molar-refractivity contribution in [2.75, 3.05) is 4.31 Å². The average molecular weight is 574 g/mol. The Kier molecular flexibility index (Phi) is 6.71. The van der Waals surface area contributed by atoms with Gasteiger partial charge >= 0.3 is 0 Å². The average Bonchev–Trinajstić information content (AvgIpc) is 3.60. The van der Waals surface area contributed by atoms with Crippen molar-refractivity contribution in [3.8, 4) is 21.0 Å². The summed E-state index contributed by atoms with van der Waals surface area (Å²) in [6, 6.07) is 31.8. The van der Waals surface area contributed by atoms with E-state index in [0.717, 1.165) is 31.3 Å². The van der Waals surface area contributed by atoms with Gasteiger partial charge in [-0.1, -0.05) is 95.7 Å². The topological polar surface area (TPSA) is 63.2 Å². The van der Waals surface area contributed by atoms with Crippen molar-refractivity contribution < 1.29 is 8.42 Å². The SMILES string of the molecule is O=S(=O)(c1ccc(-c2ncc(-c3ccccc3)s2)cc1)N(Cc1ccccc1)c1nc2cc(Cl)ccc2s1. The molecule has 0 saturated heterocycles. The molecule has 6 rings (SSSR count). The molecule has 6 aromatic rings. The molecule has 0 radical (unpaired) electrons. The Bertz CT molecular complexity index is 1820. The number of rotatable bonds is 7. The number of fused-ring (bicyclic) bond motifs is 1. The number of thiazole rings is 2. The van der Waals surface area contributed by atoms with E-state index in [0.29, 0.717) is 15.7 Å². The number of hydrogen-bond donors (Lipinski definition) is 0. The molecule has 4 aromatic carbocycles. The van der Waals surface area contributed by atoms with Gasteiger partial charge in [-0.05, 0) is 41.5 Å². The fourth-order valence-corrected chi connectivity index (χ4v) is 7.69. The molecule has 188 valence electrons. The van der Waals surface area contributed by atoms with E-state index in [4.69, 9.17) is 11.6 Å². The molecule has 38 heavy (non-hydrogen) atoms. The monoisotopic (exact) mass is 573 g/mol. The van der Waals surface area contributed by atoms with Crippen LogP contribution in [0.5, 0.6) is 0 Å². The minimum absolute atomic E-state index is 0.158. The third kappa shape index (κ3) is 4.96. The quantitative estimate of drug-likeness (QED) is 0.193. The second-order valence-electron chi connectivity index (χ2n) is 8.53. The second-order valence-corrected chi connectivity index (χ2v) is 12.9. The van der Waals surface area contributed by atoms with Crippen molar-refractivity contribution in [1.29, 1.82) is 0 Å². The molecule has 0 spiro atoms. The van der Waals surface area contributed by atoms with Crippen molar-refractivity contribution in [2.45, 2.75) is 11.4 Å². The molecule has 0 aliphatic carbocycles. The van der Waals surface area contributed by atoms with Gasteiger partial charge in [0.2, 0.25) is 5.13 Å². The summed E-state index contributed by atoms with van der Waals surface area (Å²) in [5.41, 5.74) is 3.49. The summed E-state index contributed by atoms with van der Waals surface area (Å²) in [6.45, 7) is 0.158. The summed E-state index contributed by atoms with van der Waals surface area (Å²) in [7, 11) is -3.92. The maximum atomic E-state index is 14.0. The molecule has 0 atom stereocenters. The van der Waals surface area contributed by atoms with Crippen LogP contribution in [0.3, 0.4) is 0 Å². The molecule has 2 heterocycles. The first kappa shape index (κ1) is 24.8. The number of hydrogen-bond acceptors (Lipinski definition) is 6. The van der Waals surface area contributed by atoms with E-state index in [1.807, 2.05) is 72.9 Å². The van der Waals surface area contributed by atoms with Crippen molar-refractivity contribution in [2.24, 2.45) is 0 Å². The molecule has 0 aliphatic rings.